The molecule has 1 aromatic carbocycles. The summed E-state index contributed by atoms with van der Waals surface area (Å²) in [5, 5.41) is 3.56. The smallest absolute Gasteiger partial charge is 0.231 e. The molecule has 4 rings (SSSR count). The molecule has 0 aliphatic carbocycles. The second-order valence-corrected chi connectivity index (χ2v) is 6.15. The molecule has 4 nitrogen and oxygen atoms in total. The molecule has 0 aromatic heterocycles. The van der Waals surface area contributed by atoms with Crippen molar-refractivity contribution in [3.8, 4) is 11.5 Å². The van der Waals surface area contributed by atoms with E-state index in [9.17, 15) is 0 Å². The van der Waals surface area contributed by atoms with Gasteiger partial charge in [-0.25, -0.2) is 0 Å². The summed E-state index contributed by atoms with van der Waals surface area (Å²) in [7, 11) is 0. The molecule has 2 fully saturated rings. The molecule has 0 bridgehead atoms. The number of benzene rings is 1. The van der Waals surface area contributed by atoms with Crippen molar-refractivity contribution < 1.29 is 9.47 Å². The molecule has 3 aliphatic rings. The van der Waals surface area contributed by atoms with E-state index in [0.717, 1.165) is 24.0 Å². The summed E-state index contributed by atoms with van der Waals surface area (Å²) in [5.41, 5.74) is 1.34. The summed E-state index contributed by atoms with van der Waals surface area (Å²) >= 11 is 0. The van der Waals surface area contributed by atoms with Crippen LogP contribution in [0.2, 0.25) is 0 Å². The third kappa shape index (κ3) is 1.98. The SMILES string of the molecule is CC(c1ccc2c(c1)OCO2)N1CCCC2CNCC21. The van der Waals surface area contributed by atoms with Gasteiger partial charge in [0.15, 0.2) is 11.5 Å². The fourth-order valence-corrected chi connectivity index (χ4v) is 3.95. The number of nitrogens with one attached hydrogen (secondary N) is 1. The lowest BCUT2D eigenvalue weighted by atomic mass is 9.89. The minimum Gasteiger partial charge on any atom is -0.454 e. The summed E-state index contributed by atoms with van der Waals surface area (Å²) in [6, 6.07) is 7.52. The molecule has 108 valence electrons. The van der Waals surface area contributed by atoms with Crippen LogP contribution >= 0.6 is 0 Å². The van der Waals surface area contributed by atoms with Crippen molar-refractivity contribution in [3.05, 3.63) is 23.8 Å². The Labute approximate surface area is 120 Å². The van der Waals surface area contributed by atoms with Crippen LogP contribution in [0.1, 0.15) is 31.4 Å². The summed E-state index contributed by atoms with van der Waals surface area (Å²) < 4.78 is 10.9. The topological polar surface area (TPSA) is 33.7 Å². The number of nitrogens with zero attached hydrogens (tertiary/aromatic N) is 1. The lowest BCUT2D eigenvalue weighted by Gasteiger charge is -2.41. The summed E-state index contributed by atoms with van der Waals surface area (Å²) in [5.74, 6) is 2.60. The number of hydrogen-bond donors (Lipinski definition) is 1. The van der Waals surface area contributed by atoms with E-state index in [4.69, 9.17) is 9.47 Å². The first kappa shape index (κ1) is 12.5. The Morgan fingerprint density at radius 2 is 2.15 bits per heavy atom. The molecule has 0 spiro atoms. The van der Waals surface area contributed by atoms with E-state index in [1.165, 1.54) is 31.5 Å². The van der Waals surface area contributed by atoms with E-state index < -0.39 is 0 Å². The normalized spacial score (nSPS) is 30.2. The van der Waals surface area contributed by atoms with Crippen LogP contribution in [0.15, 0.2) is 18.2 Å². The molecule has 0 amide bonds. The molecule has 3 aliphatic heterocycles. The third-order valence-electron chi connectivity index (χ3n) is 5.10. The average Bonchev–Trinajstić information content (AvgIpc) is 3.13. The molecule has 3 unspecified atom stereocenters. The van der Waals surface area contributed by atoms with Gasteiger partial charge in [0.2, 0.25) is 6.79 Å². The van der Waals surface area contributed by atoms with Crippen LogP contribution in [0, 0.1) is 5.92 Å². The quantitative estimate of drug-likeness (QED) is 0.896. The molecule has 2 saturated heterocycles. The van der Waals surface area contributed by atoms with Gasteiger partial charge in [-0.15, -0.1) is 0 Å². The van der Waals surface area contributed by atoms with E-state index in [1.54, 1.807) is 0 Å². The Bertz CT molecular complexity index is 505. The Hall–Kier alpha value is -1.26. The maximum atomic E-state index is 5.51. The summed E-state index contributed by atoms with van der Waals surface area (Å²) in [6.07, 6.45) is 2.69. The third-order valence-corrected chi connectivity index (χ3v) is 5.10. The first-order valence-electron chi connectivity index (χ1n) is 7.69. The van der Waals surface area contributed by atoms with Crippen LogP contribution in [-0.2, 0) is 0 Å². The van der Waals surface area contributed by atoms with E-state index >= 15 is 0 Å². The molecule has 1 N–H and O–H groups in total. The first-order valence-corrected chi connectivity index (χ1v) is 7.69. The van der Waals surface area contributed by atoms with E-state index in [2.05, 4.69) is 29.3 Å². The Morgan fingerprint density at radius 3 is 3.10 bits per heavy atom. The summed E-state index contributed by atoms with van der Waals surface area (Å²) in [6.45, 7) is 6.21. The van der Waals surface area contributed by atoms with Gasteiger partial charge in [-0.3, -0.25) is 4.90 Å². The van der Waals surface area contributed by atoms with Crippen LogP contribution in [0.25, 0.3) is 0 Å². The molecule has 1 aromatic rings. The number of fused-ring (bicyclic) bond motifs is 2. The summed E-state index contributed by atoms with van der Waals surface area (Å²) in [4.78, 5) is 2.67. The van der Waals surface area contributed by atoms with E-state index in [1.807, 2.05) is 6.07 Å². The molecule has 3 atom stereocenters. The van der Waals surface area contributed by atoms with Crippen molar-refractivity contribution in [2.45, 2.75) is 31.8 Å². The standard InChI is InChI=1S/C16H22N2O2/c1-11(12-4-5-15-16(7-12)20-10-19-15)18-6-2-3-13-8-17-9-14(13)18/h4-5,7,11,13-14,17H,2-3,6,8-10H2,1H3. The van der Waals surface area contributed by atoms with Gasteiger partial charge in [0.05, 0.1) is 0 Å². The largest absolute Gasteiger partial charge is 0.454 e. The highest BCUT2D eigenvalue weighted by molar-refractivity contribution is 5.45. The van der Waals surface area contributed by atoms with Gasteiger partial charge in [-0.2, -0.15) is 0 Å². The zero-order chi connectivity index (χ0) is 13.5. The highest BCUT2D eigenvalue weighted by Crippen LogP contribution is 2.38. The van der Waals surface area contributed by atoms with Gasteiger partial charge in [-0.1, -0.05) is 6.07 Å². The molecular weight excluding hydrogens is 252 g/mol. The van der Waals surface area contributed by atoms with Crippen molar-refractivity contribution in [1.82, 2.24) is 10.2 Å². The lowest BCUT2D eigenvalue weighted by molar-refractivity contribution is 0.0846. The zero-order valence-electron chi connectivity index (χ0n) is 12.0. The highest BCUT2D eigenvalue weighted by Gasteiger charge is 2.37. The molecule has 4 heteroatoms. The predicted octanol–water partition coefficient (Wildman–Crippen LogP) is 2.16. The lowest BCUT2D eigenvalue weighted by Crippen LogP contribution is -2.46. The minimum absolute atomic E-state index is 0.353. The Morgan fingerprint density at radius 1 is 1.25 bits per heavy atom. The number of likely N-dealkylation sites (tertiary alicyclic amines) is 1. The number of hydrogen-bond acceptors (Lipinski definition) is 4. The van der Waals surface area contributed by atoms with Gasteiger partial charge < -0.3 is 14.8 Å². The van der Waals surface area contributed by atoms with E-state index in [-0.39, 0.29) is 0 Å². The van der Waals surface area contributed by atoms with Crippen molar-refractivity contribution in [2.75, 3.05) is 26.4 Å². The van der Waals surface area contributed by atoms with Crippen molar-refractivity contribution in [3.63, 3.8) is 0 Å². The number of rotatable bonds is 2. The fourth-order valence-electron chi connectivity index (χ4n) is 3.95. The van der Waals surface area contributed by atoms with Crippen molar-refractivity contribution in [2.24, 2.45) is 5.92 Å². The molecule has 0 saturated carbocycles. The maximum Gasteiger partial charge on any atom is 0.231 e. The molecule has 0 radical (unpaired) electrons. The molecular formula is C16H22N2O2. The second kappa shape index (κ2) is 4.93. The maximum absolute atomic E-state index is 5.51. The van der Waals surface area contributed by atoms with Crippen LogP contribution in [0.3, 0.4) is 0 Å². The number of ether oxygens (including phenoxy) is 2. The fraction of sp³-hybridized carbons (Fsp3) is 0.625. The highest BCUT2D eigenvalue weighted by atomic mass is 16.7. The predicted molar refractivity (Wildman–Crippen MR) is 77.1 cm³/mol. The number of piperidine rings is 1. The Balaban J connectivity index is 1.58. The van der Waals surface area contributed by atoms with Crippen molar-refractivity contribution in [1.29, 1.82) is 0 Å². The van der Waals surface area contributed by atoms with E-state index in [0.29, 0.717) is 18.9 Å². The van der Waals surface area contributed by atoms with Gasteiger partial charge in [0.25, 0.3) is 0 Å². The van der Waals surface area contributed by atoms with Crippen LogP contribution < -0.4 is 14.8 Å². The van der Waals surface area contributed by atoms with Crippen LogP contribution in [0.5, 0.6) is 11.5 Å². The van der Waals surface area contributed by atoms with Gasteiger partial charge in [-0.05, 0) is 56.5 Å². The second-order valence-electron chi connectivity index (χ2n) is 6.15. The van der Waals surface area contributed by atoms with Crippen LogP contribution in [0.4, 0.5) is 0 Å². The van der Waals surface area contributed by atoms with Gasteiger partial charge in [0.1, 0.15) is 0 Å². The average molecular weight is 274 g/mol. The monoisotopic (exact) mass is 274 g/mol. The van der Waals surface area contributed by atoms with Gasteiger partial charge in [0, 0.05) is 18.6 Å². The molecule has 3 heterocycles. The van der Waals surface area contributed by atoms with Crippen molar-refractivity contribution >= 4 is 0 Å². The zero-order valence-corrected chi connectivity index (χ0v) is 12.0. The Kier molecular flexibility index (Phi) is 3.08. The minimum atomic E-state index is 0.353. The molecule has 20 heavy (non-hydrogen) atoms. The first-order chi connectivity index (χ1) is 9.83. The van der Waals surface area contributed by atoms with Gasteiger partial charge >= 0.3 is 0 Å². The van der Waals surface area contributed by atoms with Crippen LogP contribution in [-0.4, -0.2) is 37.4 Å².